The maximum Gasteiger partial charge on any atom is 0.249 e. The Labute approximate surface area is 168 Å². The summed E-state index contributed by atoms with van der Waals surface area (Å²) in [6.07, 6.45) is 0.750. The van der Waals surface area contributed by atoms with Crippen LogP contribution >= 0.6 is 11.6 Å². The van der Waals surface area contributed by atoms with Gasteiger partial charge in [0.05, 0.1) is 11.4 Å². The molecule has 0 spiro atoms. The molecule has 3 aromatic rings. The van der Waals surface area contributed by atoms with Crippen LogP contribution in [-0.2, 0) is 4.79 Å². The second-order valence-corrected chi connectivity index (χ2v) is 7.48. The van der Waals surface area contributed by atoms with Gasteiger partial charge in [0.2, 0.25) is 5.91 Å². The number of nitrogens with one attached hydrogen (secondary N) is 2. The fraction of sp³-hybridized carbons (Fsp3) is 0.182. The van der Waals surface area contributed by atoms with E-state index < -0.39 is 0 Å². The van der Waals surface area contributed by atoms with Gasteiger partial charge in [0.25, 0.3) is 0 Å². The van der Waals surface area contributed by atoms with E-state index in [2.05, 4.69) is 10.6 Å². The number of rotatable bonds is 2. The highest BCUT2D eigenvalue weighted by atomic mass is 35.5. The highest BCUT2D eigenvalue weighted by Crippen LogP contribution is 2.47. The molecule has 2 aliphatic rings. The number of halogens is 1. The molecule has 2 aliphatic heterocycles. The SMILES string of the molecule is Cc1nn(-c2ccccc2)c2c1C(c1ccccc1Cl)C1=C(CCNC1=O)N2. The number of aromatic nitrogens is 2. The lowest BCUT2D eigenvalue weighted by Crippen LogP contribution is -2.38. The van der Waals surface area contributed by atoms with Gasteiger partial charge in [-0.25, -0.2) is 4.68 Å². The molecule has 140 valence electrons. The summed E-state index contributed by atoms with van der Waals surface area (Å²) in [7, 11) is 0. The fourth-order valence-corrected chi connectivity index (χ4v) is 4.42. The van der Waals surface area contributed by atoms with Crippen LogP contribution in [0.4, 0.5) is 5.82 Å². The zero-order valence-corrected chi connectivity index (χ0v) is 16.1. The van der Waals surface area contributed by atoms with Crippen molar-refractivity contribution in [3.05, 3.63) is 87.7 Å². The zero-order chi connectivity index (χ0) is 19.3. The lowest BCUT2D eigenvalue weighted by molar-refractivity contribution is -0.118. The monoisotopic (exact) mass is 390 g/mol. The quantitative estimate of drug-likeness (QED) is 0.690. The summed E-state index contributed by atoms with van der Waals surface area (Å²) < 4.78 is 1.92. The number of nitrogens with zero attached hydrogens (tertiary/aromatic N) is 2. The molecule has 0 radical (unpaired) electrons. The van der Waals surface area contributed by atoms with Gasteiger partial charge in [-0.05, 0) is 30.7 Å². The van der Waals surface area contributed by atoms with Crippen molar-refractivity contribution >= 4 is 23.3 Å². The number of benzene rings is 2. The van der Waals surface area contributed by atoms with Crippen LogP contribution in [-0.4, -0.2) is 22.2 Å². The van der Waals surface area contributed by atoms with E-state index >= 15 is 0 Å². The van der Waals surface area contributed by atoms with Crippen molar-refractivity contribution in [3.63, 3.8) is 0 Å². The highest BCUT2D eigenvalue weighted by Gasteiger charge is 2.39. The summed E-state index contributed by atoms with van der Waals surface area (Å²) >= 11 is 6.58. The molecule has 5 nitrogen and oxygen atoms in total. The number of para-hydroxylation sites is 1. The molecular weight excluding hydrogens is 372 g/mol. The van der Waals surface area contributed by atoms with Crippen LogP contribution in [0.25, 0.3) is 5.69 Å². The first kappa shape index (κ1) is 17.1. The van der Waals surface area contributed by atoms with E-state index in [0.29, 0.717) is 11.6 Å². The molecule has 0 fully saturated rings. The second kappa shape index (κ2) is 6.53. The molecule has 1 aromatic heterocycles. The van der Waals surface area contributed by atoms with Crippen molar-refractivity contribution in [2.45, 2.75) is 19.3 Å². The molecule has 0 saturated carbocycles. The minimum absolute atomic E-state index is 0.0452. The van der Waals surface area contributed by atoms with Crippen molar-refractivity contribution in [2.75, 3.05) is 11.9 Å². The normalized spacial score (nSPS) is 18.2. The van der Waals surface area contributed by atoms with E-state index in [1.807, 2.05) is 66.2 Å². The molecule has 2 aromatic carbocycles. The Kier molecular flexibility index (Phi) is 3.98. The maximum atomic E-state index is 12.8. The van der Waals surface area contributed by atoms with E-state index in [-0.39, 0.29) is 11.8 Å². The summed E-state index contributed by atoms with van der Waals surface area (Å²) in [5.41, 5.74) is 5.45. The van der Waals surface area contributed by atoms with Gasteiger partial charge in [-0.1, -0.05) is 48.0 Å². The van der Waals surface area contributed by atoms with Gasteiger partial charge in [-0.3, -0.25) is 4.79 Å². The van der Waals surface area contributed by atoms with Gasteiger partial charge in [0.1, 0.15) is 5.82 Å². The van der Waals surface area contributed by atoms with Crippen molar-refractivity contribution in [3.8, 4) is 5.69 Å². The average Bonchev–Trinajstić information content (AvgIpc) is 3.04. The molecule has 28 heavy (non-hydrogen) atoms. The Bertz CT molecular complexity index is 1120. The van der Waals surface area contributed by atoms with Gasteiger partial charge < -0.3 is 10.6 Å². The van der Waals surface area contributed by atoms with Crippen LogP contribution in [0.15, 0.2) is 65.9 Å². The number of anilines is 1. The van der Waals surface area contributed by atoms with E-state index in [0.717, 1.165) is 46.0 Å². The zero-order valence-electron chi connectivity index (χ0n) is 15.4. The van der Waals surface area contributed by atoms with Gasteiger partial charge in [-0.15, -0.1) is 0 Å². The minimum Gasteiger partial charge on any atom is -0.352 e. The van der Waals surface area contributed by atoms with Crippen LogP contribution in [0.2, 0.25) is 5.02 Å². The number of carbonyl (C=O) groups excluding carboxylic acids is 1. The predicted octanol–water partition coefficient (Wildman–Crippen LogP) is 4.17. The minimum atomic E-state index is -0.252. The molecule has 1 atom stereocenters. The van der Waals surface area contributed by atoms with Gasteiger partial charge in [0, 0.05) is 40.7 Å². The Hall–Kier alpha value is -3.05. The Morgan fingerprint density at radius 1 is 1.11 bits per heavy atom. The molecule has 0 saturated heterocycles. The van der Waals surface area contributed by atoms with Crippen LogP contribution < -0.4 is 10.6 Å². The third-order valence-electron chi connectivity index (χ3n) is 5.40. The molecule has 0 aliphatic carbocycles. The first-order valence-electron chi connectivity index (χ1n) is 9.33. The Morgan fingerprint density at radius 2 is 1.86 bits per heavy atom. The number of hydrogen-bond acceptors (Lipinski definition) is 3. The number of amides is 1. The van der Waals surface area contributed by atoms with Crippen molar-refractivity contribution in [1.29, 1.82) is 0 Å². The molecular formula is C22H19ClN4O. The Balaban J connectivity index is 1.78. The molecule has 3 heterocycles. The largest absolute Gasteiger partial charge is 0.352 e. The number of carbonyl (C=O) groups is 1. The number of fused-ring (bicyclic) bond motifs is 1. The summed E-state index contributed by atoms with van der Waals surface area (Å²) in [6, 6.07) is 17.7. The summed E-state index contributed by atoms with van der Waals surface area (Å²) in [6.45, 7) is 2.60. The van der Waals surface area contributed by atoms with Crippen LogP contribution in [0, 0.1) is 6.92 Å². The van der Waals surface area contributed by atoms with E-state index in [1.165, 1.54) is 0 Å². The maximum absolute atomic E-state index is 12.8. The fourth-order valence-electron chi connectivity index (χ4n) is 4.17. The predicted molar refractivity (Wildman–Crippen MR) is 110 cm³/mol. The summed E-state index contributed by atoms with van der Waals surface area (Å²) in [4.78, 5) is 12.8. The second-order valence-electron chi connectivity index (χ2n) is 7.07. The van der Waals surface area contributed by atoms with E-state index in [4.69, 9.17) is 16.7 Å². The van der Waals surface area contributed by atoms with Crippen molar-refractivity contribution in [2.24, 2.45) is 0 Å². The smallest absolute Gasteiger partial charge is 0.249 e. The standard InChI is InChI=1S/C22H19ClN4O/c1-13-18-19(15-9-5-6-10-16(15)23)20-17(11-12-24-22(20)28)25-21(18)27(26-13)14-7-3-2-4-8-14/h2-10,19,25H,11-12H2,1H3,(H,24,28). The topological polar surface area (TPSA) is 59.0 Å². The van der Waals surface area contributed by atoms with Crippen LogP contribution in [0.3, 0.4) is 0 Å². The molecule has 0 bridgehead atoms. The van der Waals surface area contributed by atoms with Crippen molar-refractivity contribution < 1.29 is 4.79 Å². The van der Waals surface area contributed by atoms with Gasteiger partial charge in [-0.2, -0.15) is 5.10 Å². The molecule has 1 unspecified atom stereocenters. The summed E-state index contributed by atoms with van der Waals surface area (Å²) in [5.74, 6) is 0.607. The first-order valence-corrected chi connectivity index (χ1v) is 9.70. The van der Waals surface area contributed by atoms with Gasteiger partial charge >= 0.3 is 0 Å². The molecule has 1 amide bonds. The van der Waals surface area contributed by atoms with Crippen LogP contribution in [0.5, 0.6) is 0 Å². The van der Waals surface area contributed by atoms with E-state index in [9.17, 15) is 4.79 Å². The third-order valence-corrected chi connectivity index (χ3v) is 5.74. The molecule has 2 N–H and O–H groups in total. The molecule has 5 rings (SSSR count). The van der Waals surface area contributed by atoms with E-state index in [1.54, 1.807) is 0 Å². The molecule has 6 heteroatoms. The lowest BCUT2D eigenvalue weighted by atomic mass is 9.79. The lowest BCUT2D eigenvalue weighted by Gasteiger charge is -2.33. The highest BCUT2D eigenvalue weighted by molar-refractivity contribution is 6.31. The third kappa shape index (κ3) is 2.54. The summed E-state index contributed by atoms with van der Waals surface area (Å²) in [5, 5.41) is 11.9. The average molecular weight is 391 g/mol. The number of hydrogen-bond donors (Lipinski definition) is 2. The first-order chi connectivity index (χ1) is 13.6. The van der Waals surface area contributed by atoms with Crippen molar-refractivity contribution in [1.82, 2.24) is 15.1 Å². The van der Waals surface area contributed by atoms with Gasteiger partial charge in [0.15, 0.2) is 0 Å². The number of aryl methyl sites for hydroxylation is 1. The Morgan fingerprint density at radius 3 is 2.64 bits per heavy atom. The van der Waals surface area contributed by atoms with Crippen LogP contribution in [0.1, 0.15) is 29.2 Å².